The highest BCUT2D eigenvalue weighted by Gasteiger charge is 2.26. The minimum absolute atomic E-state index is 0.257. The van der Waals surface area contributed by atoms with E-state index in [1.165, 1.54) is 0 Å². The van der Waals surface area contributed by atoms with Gasteiger partial charge in [-0.3, -0.25) is 0 Å². The number of carboxylic acid groups (broad SMARTS) is 1. The molecule has 0 atom stereocenters. The maximum absolute atomic E-state index is 11.8. The molecule has 1 rings (SSSR count). The lowest BCUT2D eigenvalue weighted by molar-refractivity contribution is -0.136. The van der Waals surface area contributed by atoms with Crippen molar-refractivity contribution in [3.63, 3.8) is 0 Å². The highest BCUT2D eigenvalue weighted by Crippen LogP contribution is 2.20. The first-order chi connectivity index (χ1) is 6.38. The maximum Gasteiger partial charge on any atom is 0.390 e. The van der Waals surface area contributed by atoms with Gasteiger partial charge in [-0.2, -0.15) is 13.2 Å². The van der Waals surface area contributed by atoms with Gasteiger partial charge in [0.15, 0.2) is 5.69 Å². The van der Waals surface area contributed by atoms with Gasteiger partial charge in [0.25, 0.3) is 0 Å². The minimum atomic E-state index is -4.24. The lowest BCUT2D eigenvalue weighted by atomic mass is 10.4. The lowest BCUT2D eigenvalue weighted by Crippen LogP contribution is -2.11. The molecule has 1 aromatic rings. The normalized spacial score (nSPS) is 11.6. The van der Waals surface area contributed by atoms with Gasteiger partial charge >= 0.3 is 12.1 Å². The molecule has 0 unspecified atom stereocenters. The lowest BCUT2D eigenvalue weighted by Gasteiger charge is -2.05. The predicted octanol–water partition coefficient (Wildman–Crippen LogP) is 1.53. The van der Waals surface area contributed by atoms with E-state index < -0.39 is 18.6 Å². The SMILES string of the molecule is O=C(O)c1cn(CCC(F)(F)F)cn1. The van der Waals surface area contributed by atoms with Crippen LogP contribution in [-0.4, -0.2) is 26.8 Å². The van der Waals surface area contributed by atoms with Crippen molar-refractivity contribution in [3.05, 3.63) is 18.2 Å². The molecule has 0 aliphatic rings. The molecule has 0 fully saturated rings. The smallest absolute Gasteiger partial charge is 0.390 e. The standard InChI is InChI=1S/C7H7F3N2O2/c8-7(9,10)1-2-12-3-5(6(13)14)11-4-12/h3-4H,1-2H2,(H,13,14). The second-order valence-corrected chi connectivity index (χ2v) is 2.67. The summed E-state index contributed by atoms with van der Waals surface area (Å²) in [6.45, 7) is -0.316. The van der Waals surface area contributed by atoms with Crippen molar-refractivity contribution in [3.8, 4) is 0 Å². The third-order valence-corrected chi connectivity index (χ3v) is 1.51. The maximum atomic E-state index is 11.8. The minimum Gasteiger partial charge on any atom is -0.476 e. The fourth-order valence-corrected chi connectivity index (χ4v) is 0.849. The van der Waals surface area contributed by atoms with Crippen LogP contribution in [-0.2, 0) is 6.54 Å². The van der Waals surface area contributed by atoms with Crippen molar-refractivity contribution < 1.29 is 23.1 Å². The van der Waals surface area contributed by atoms with Crippen LogP contribution in [0.3, 0.4) is 0 Å². The summed E-state index contributed by atoms with van der Waals surface area (Å²) in [5, 5.41) is 8.43. The topological polar surface area (TPSA) is 55.1 Å². The van der Waals surface area contributed by atoms with Gasteiger partial charge in [0.05, 0.1) is 12.7 Å². The van der Waals surface area contributed by atoms with E-state index in [9.17, 15) is 18.0 Å². The number of aryl methyl sites for hydroxylation is 1. The Morgan fingerprint density at radius 1 is 1.57 bits per heavy atom. The molecule has 0 aliphatic heterocycles. The van der Waals surface area contributed by atoms with Crippen molar-refractivity contribution in [1.82, 2.24) is 9.55 Å². The Hall–Kier alpha value is -1.53. The Balaban J connectivity index is 2.56. The van der Waals surface area contributed by atoms with E-state index in [-0.39, 0.29) is 12.2 Å². The van der Waals surface area contributed by atoms with E-state index >= 15 is 0 Å². The summed E-state index contributed by atoms with van der Waals surface area (Å²) >= 11 is 0. The average Bonchev–Trinajstić information content (AvgIpc) is 2.47. The van der Waals surface area contributed by atoms with Crippen LogP contribution in [0.1, 0.15) is 16.9 Å². The molecule has 0 radical (unpaired) electrons. The van der Waals surface area contributed by atoms with E-state index in [1.54, 1.807) is 0 Å². The van der Waals surface area contributed by atoms with Crippen LogP contribution in [0, 0.1) is 0 Å². The Morgan fingerprint density at radius 3 is 2.64 bits per heavy atom. The molecule has 1 heterocycles. The fourth-order valence-electron chi connectivity index (χ4n) is 0.849. The predicted molar refractivity (Wildman–Crippen MR) is 39.9 cm³/mol. The van der Waals surface area contributed by atoms with Gasteiger partial charge in [-0.25, -0.2) is 9.78 Å². The van der Waals surface area contributed by atoms with Crippen LogP contribution in [0.2, 0.25) is 0 Å². The van der Waals surface area contributed by atoms with Crippen LogP contribution in [0.25, 0.3) is 0 Å². The summed E-state index contributed by atoms with van der Waals surface area (Å²) in [7, 11) is 0. The molecule has 0 aliphatic carbocycles. The van der Waals surface area contributed by atoms with Crippen LogP contribution < -0.4 is 0 Å². The molecular weight excluding hydrogens is 201 g/mol. The number of hydrogen-bond donors (Lipinski definition) is 1. The van der Waals surface area contributed by atoms with Gasteiger partial charge in [0.2, 0.25) is 0 Å². The number of aromatic nitrogens is 2. The highest BCUT2D eigenvalue weighted by molar-refractivity contribution is 5.84. The van der Waals surface area contributed by atoms with Gasteiger partial charge in [0.1, 0.15) is 0 Å². The number of alkyl halides is 3. The quantitative estimate of drug-likeness (QED) is 0.819. The van der Waals surface area contributed by atoms with Crippen molar-refractivity contribution in [1.29, 1.82) is 0 Å². The molecule has 0 saturated heterocycles. The molecule has 0 saturated carbocycles. The monoisotopic (exact) mass is 208 g/mol. The number of halogens is 3. The molecule has 4 nitrogen and oxygen atoms in total. The fraction of sp³-hybridized carbons (Fsp3) is 0.429. The zero-order valence-corrected chi connectivity index (χ0v) is 6.95. The zero-order valence-electron chi connectivity index (χ0n) is 6.95. The summed E-state index contributed by atoms with van der Waals surface area (Å²) in [5.74, 6) is -1.25. The Morgan fingerprint density at radius 2 is 2.21 bits per heavy atom. The third kappa shape index (κ3) is 3.08. The Kier molecular flexibility index (Phi) is 2.78. The molecule has 0 aromatic carbocycles. The number of nitrogens with zero attached hydrogens (tertiary/aromatic N) is 2. The summed E-state index contributed by atoms with van der Waals surface area (Å²) in [5.41, 5.74) is -0.257. The molecule has 78 valence electrons. The van der Waals surface area contributed by atoms with Gasteiger partial charge in [0, 0.05) is 12.7 Å². The van der Waals surface area contributed by atoms with Crippen molar-refractivity contribution in [2.45, 2.75) is 19.1 Å². The first-order valence-corrected chi connectivity index (χ1v) is 3.70. The zero-order chi connectivity index (χ0) is 10.8. The molecule has 7 heteroatoms. The number of rotatable bonds is 3. The first kappa shape index (κ1) is 10.6. The summed E-state index contributed by atoms with van der Waals surface area (Å²) < 4.78 is 36.4. The van der Waals surface area contributed by atoms with Crippen molar-refractivity contribution in [2.75, 3.05) is 0 Å². The second-order valence-electron chi connectivity index (χ2n) is 2.67. The highest BCUT2D eigenvalue weighted by atomic mass is 19.4. The number of carboxylic acids is 1. The second kappa shape index (κ2) is 3.69. The molecule has 1 aromatic heterocycles. The van der Waals surface area contributed by atoms with E-state index in [2.05, 4.69) is 4.98 Å². The summed E-state index contributed by atoms with van der Waals surface area (Å²) in [6.07, 6.45) is -3.11. The van der Waals surface area contributed by atoms with E-state index in [0.717, 1.165) is 17.1 Å². The number of carbonyl (C=O) groups is 1. The van der Waals surface area contributed by atoms with Gasteiger partial charge in [-0.15, -0.1) is 0 Å². The van der Waals surface area contributed by atoms with Crippen LogP contribution >= 0.6 is 0 Å². The van der Waals surface area contributed by atoms with Gasteiger partial charge in [-0.1, -0.05) is 0 Å². The third-order valence-electron chi connectivity index (χ3n) is 1.51. The molecular formula is C7H7F3N2O2. The molecule has 0 amide bonds. The van der Waals surface area contributed by atoms with Gasteiger partial charge in [-0.05, 0) is 0 Å². The van der Waals surface area contributed by atoms with Gasteiger partial charge < -0.3 is 9.67 Å². The molecule has 0 bridgehead atoms. The molecule has 1 N–H and O–H groups in total. The summed E-state index contributed by atoms with van der Waals surface area (Å²) in [4.78, 5) is 13.7. The first-order valence-electron chi connectivity index (χ1n) is 3.70. The molecule has 14 heavy (non-hydrogen) atoms. The Labute approximate surface area is 77.0 Å². The average molecular weight is 208 g/mol. The summed E-state index contributed by atoms with van der Waals surface area (Å²) in [6, 6.07) is 0. The van der Waals surface area contributed by atoms with Crippen molar-refractivity contribution in [2.24, 2.45) is 0 Å². The van der Waals surface area contributed by atoms with Crippen LogP contribution in [0.4, 0.5) is 13.2 Å². The number of hydrogen-bond acceptors (Lipinski definition) is 2. The number of aromatic carboxylic acids is 1. The van der Waals surface area contributed by atoms with E-state index in [1.807, 2.05) is 0 Å². The number of imidazole rings is 1. The van der Waals surface area contributed by atoms with E-state index in [0.29, 0.717) is 0 Å². The van der Waals surface area contributed by atoms with Crippen LogP contribution in [0.15, 0.2) is 12.5 Å². The largest absolute Gasteiger partial charge is 0.476 e. The Bertz CT molecular complexity index is 332. The molecule has 0 spiro atoms. The van der Waals surface area contributed by atoms with Crippen LogP contribution in [0.5, 0.6) is 0 Å². The van der Waals surface area contributed by atoms with Crippen molar-refractivity contribution >= 4 is 5.97 Å². The van der Waals surface area contributed by atoms with E-state index in [4.69, 9.17) is 5.11 Å².